The minimum absolute atomic E-state index is 0.114. The minimum Gasteiger partial charge on any atom is -0.330 e. The molecule has 0 aliphatic rings. The van der Waals surface area contributed by atoms with E-state index in [2.05, 4.69) is 10.6 Å². The molecule has 0 bridgehead atoms. The van der Waals surface area contributed by atoms with Gasteiger partial charge in [0, 0.05) is 12.1 Å². The molecule has 2 aromatic rings. The summed E-state index contributed by atoms with van der Waals surface area (Å²) in [6.45, 7) is 0.474. The van der Waals surface area contributed by atoms with Gasteiger partial charge in [-0.05, 0) is 42.6 Å². The van der Waals surface area contributed by atoms with Gasteiger partial charge in [0.15, 0.2) is 0 Å². The molecule has 7 heteroatoms. The third-order valence-corrected chi connectivity index (χ3v) is 4.04. The first-order valence-electron chi connectivity index (χ1n) is 6.74. The Morgan fingerprint density at radius 3 is 2.68 bits per heavy atom. The summed E-state index contributed by atoms with van der Waals surface area (Å²) in [5.41, 5.74) is 6.44. The number of halogens is 1. The molecule has 2 amide bonds. The van der Waals surface area contributed by atoms with E-state index in [0.29, 0.717) is 40.7 Å². The van der Waals surface area contributed by atoms with Crippen molar-refractivity contribution in [3.63, 3.8) is 0 Å². The van der Waals surface area contributed by atoms with Gasteiger partial charge < -0.3 is 16.4 Å². The molecular weight excluding hydrogens is 322 g/mol. The lowest BCUT2D eigenvalue weighted by Gasteiger charge is -2.09. The summed E-state index contributed by atoms with van der Waals surface area (Å²) < 4.78 is 0. The van der Waals surface area contributed by atoms with Gasteiger partial charge in [0.25, 0.3) is 5.91 Å². The maximum Gasteiger partial charge on any atom is 0.265 e. The number of nitrogens with one attached hydrogen (secondary N) is 2. The molecule has 0 spiro atoms. The van der Waals surface area contributed by atoms with Gasteiger partial charge in [-0.25, -0.2) is 0 Å². The van der Waals surface area contributed by atoms with Crippen LogP contribution in [0.3, 0.4) is 0 Å². The van der Waals surface area contributed by atoms with Crippen molar-refractivity contribution in [2.75, 3.05) is 17.2 Å². The lowest BCUT2D eigenvalue weighted by molar-refractivity contribution is -0.116. The van der Waals surface area contributed by atoms with Crippen LogP contribution >= 0.6 is 22.9 Å². The smallest absolute Gasteiger partial charge is 0.265 e. The van der Waals surface area contributed by atoms with E-state index in [-0.39, 0.29) is 11.8 Å². The molecule has 2 rings (SSSR count). The number of amides is 2. The first kappa shape index (κ1) is 16.5. The average Bonchev–Trinajstić information content (AvgIpc) is 3.02. The summed E-state index contributed by atoms with van der Waals surface area (Å²) in [6, 6.07) is 8.50. The predicted molar refractivity (Wildman–Crippen MR) is 90.6 cm³/mol. The number of rotatable bonds is 6. The Labute approximate surface area is 137 Å². The van der Waals surface area contributed by atoms with Crippen LogP contribution in [0.4, 0.5) is 11.4 Å². The van der Waals surface area contributed by atoms with Crippen LogP contribution in [-0.4, -0.2) is 18.4 Å². The number of anilines is 2. The van der Waals surface area contributed by atoms with Crippen molar-refractivity contribution in [2.45, 2.75) is 12.8 Å². The largest absolute Gasteiger partial charge is 0.330 e. The van der Waals surface area contributed by atoms with E-state index >= 15 is 0 Å². The Morgan fingerprint density at radius 2 is 2.05 bits per heavy atom. The molecule has 22 heavy (non-hydrogen) atoms. The number of carbonyl (C=O) groups excluding carboxylic acids is 2. The second-order valence-electron chi connectivity index (χ2n) is 4.57. The van der Waals surface area contributed by atoms with Crippen LogP contribution in [0.25, 0.3) is 0 Å². The van der Waals surface area contributed by atoms with Crippen molar-refractivity contribution in [2.24, 2.45) is 5.73 Å². The van der Waals surface area contributed by atoms with Gasteiger partial charge >= 0.3 is 0 Å². The van der Waals surface area contributed by atoms with Gasteiger partial charge in [0.2, 0.25) is 5.91 Å². The molecule has 0 fully saturated rings. The summed E-state index contributed by atoms with van der Waals surface area (Å²) in [5, 5.41) is 7.67. The highest BCUT2D eigenvalue weighted by atomic mass is 35.5. The Morgan fingerprint density at radius 1 is 1.23 bits per heavy atom. The van der Waals surface area contributed by atoms with E-state index in [4.69, 9.17) is 17.3 Å². The summed E-state index contributed by atoms with van der Waals surface area (Å²) >= 11 is 7.49. The molecular formula is C15H16ClN3O2S. The zero-order chi connectivity index (χ0) is 15.9. The highest BCUT2D eigenvalue weighted by Gasteiger charge is 2.10. The average molecular weight is 338 g/mol. The number of thiophene rings is 1. The van der Waals surface area contributed by atoms with Crippen molar-refractivity contribution in [1.82, 2.24) is 0 Å². The maximum absolute atomic E-state index is 12.0. The zero-order valence-electron chi connectivity index (χ0n) is 11.8. The van der Waals surface area contributed by atoms with Crippen LogP contribution in [0.5, 0.6) is 0 Å². The second-order valence-corrected chi connectivity index (χ2v) is 5.92. The van der Waals surface area contributed by atoms with Crippen molar-refractivity contribution in [3.8, 4) is 0 Å². The topological polar surface area (TPSA) is 84.2 Å². The van der Waals surface area contributed by atoms with Crippen LogP contribution in [-0.2, 0) is 4.79 Å². The van der Waals surface area contributed by atoms with E-state index in [0.717, 1.165) is 0 Å². The maximum atomic E-state index is 12.0. The highest BCUT2D eigenvalue weighted by molar-refractivity contribution is 7.12. The number of hydrogen-bond acceptors (Lipinski definition) is 4. The molecule has 116 valence electrons. The molecule has 1 aromatic carbocycles. The monoisotopic (exact) mass is 337 g/mol. The number of hydrogen-bond donors (Lipinski definition) is 3. The molecule has 0 aliphatic carbocycles. The molecule has 5 nitrogen and oxygen atoms in total. The first-order chi connectivity index (χ1) is 10.6. The molecule has 0 saturated heterocycles. The number of nitrogens with two attached hydrogens (primary N) is 1. The van der Waals surface area contributed by atoms with Crippen molar-refractivity contribution >= 4 is 46.1 Å². The standard InChI is InChI=1S/C15H16ClN3O2S/c16-11-9-10(18-14(20)4-1-7-17)5-6-12(11)19-15(21)13-3-2-8-22-13/h2-3,5-6,8-9H,1,4,7,17H2,(H,18,20)(H,19,21). The Kier molecular flexibility index (Phi) is 5.94. The number of carbonyl (C=O) groups is 2. The van der Waals surface area contributed by atoms with E-state index in [1.807, 2.05) is 5.38 Å². The molecule has 1 heterocycles. The van der Waals surface area contributed by atoms with Gasteiger partial charge in [-0.15, -0.1) is 11.3 Å². The SMILES string of the molecule is NCCCC(=O)Nc1ccc(NC(=O)c2cccs2)c(Cl)c1. The van der Waals surface area contributed by atoms with Crippen LogP contribution in [0.1, 0.15) is 22.5 Å². The molecule has 0 unspecified atom stereocenters. The third kappa shape index (κ3) is 4.56. The fourth-order valence-electron chi connectivity index (χ4n) is 1.77. The van der Waals surface area contributed by atoms with E-state index in [9.17, 15) is 9.59 Å². The summed E-state index contributed by atoms with van der Waals surface area (Å²) in [6.07, 6.45) is 1.000. The van der Waals surface area contributed by atoms with Gasteiger partial charge in [0.1, 0.15) is 0 Å². The van der Waals surface area contributed by atoms with Gasteiger partial charge in [-0.3, -0.25) is 9.59 Å². The molecule has 0 atom stereocenters. The normalized spacial score (nSPS) is 10.3. The quantitative estimate of drug-likeness (QED) is 0.755. The van der Waals surface area contributed by atoms with Gasteiger partial charge in [-0.2, -0.15) is 0 Å². The Hall–Kier alpha value is -1.89. The molecule has 0 saturated carbocycles. The fraction of sp³-hybridized carbons (Fsp3) is 0.200. The van der Waals surface area contributed by atoms with Crippen LogP contribution in [0.15, 0.2) is 35.7 Å². The summed E-state index contributed by atoms with van der Waals surface area (Å²) in [7, 11) is 0. The second kappa shape index (κ2) is 7.93. The van der Waals surface area contributed by atoms with Crippen LogP contribution in [0.2, 0.25) is 5.02 Å². The lowest BCUT2D eigenvalue weighted by Crippen LogP contribution is -2.14. The van der Waals surface area contributed by atoms with Gasteiger partial charge in [0.05, 0.1) is 15.6 Å². The van der Waals surface area contributed by atoms with Crippen molar-refractivity contribution < 1.29 is 9.59 Å². The van der Waals surface area contributed by atoms with E-state index < -0.39 is 0 Å². The third-order valence-electron chi connectivity index (χ3n) is 2.85. The van der Waals surface area contributed by atoms with Crippen molar-refractivity contribution in [3.05, 3.63) is 45.6 Å². The minimum atomic E-state index is -0.211. The van der Waals surface area contributed by atoms with E-state index in [1.54, 1.807) is 30.3 Å². The van der Waals surface area contributed by atoms with Gasteiger partial charge in [-0.1, -0.05) is 17.7 Å². The van der Waals surface area contributed by atoms with Crippen molar-refractivity contribution in [1.29, 1.82) is 0 Å². The van der Waals surface area contributed by atoms with E-state index in [1.165, 1.54) is 11.3 Å². The zero-order valence-corrected chi connectivity index (χ0v) is 13.3. The van der Waals surface area contributed by atoms with Crippen LogP contribution in [0, 0.1) is 0 Å². The lowest BCUT2D eigenvalue weighted by atomic mass is 10.2. The molecule has 1 aromatic heterocycles. The van der Waals surface area contributed by atoms with Crippen LogP contribution < -0.4 is 16.4 Å². The predicted octanol–water partition coefficient (Wildman–Crippen LogP) is 3.33. The summed E-state index contributed by atoms with van der Waals surface area (Å²) in [4.78, 5) is 24.2. The Bertz CT molecular complexity index is 659. The molecule has 0 radical (unpaired) electrons. The Balaban J connectivity index is 2.00. The summed E-state index contributed by atoms with van der Waals surface area (Å²) in [5.74, 6) is -0.325. The fourth-order valence-corrected chi connectivity index (χ4v) is 2.62. The molecule has 0 aliphatic heterocycles. The molecule has 4 N–H and O–H groups in total. The number of benzene rings is 1. The first-order valence-corrected chi connectivity index (χ1v) is 8.00. The highest BCUT2D eigenvalue weighted by Crippen LogP contribution is 2.26.